The average Bonchev–Trinajstić information content (AvgIpc) is 2.96. The number of hydrogen-bond donors (Lipinski definition) is 2. The molecule has 0 amide bonds. The van der Waals surface area contributed by atoms with Crippen molar-refractivity contribution in [1.29, 1.82) is 0 Å². The lowest BCUT2D eigenvalue weighted by Crippen LogP contribution is -2.13. The molecule has 1 saturated carbocycles. The van der Waals surface area contributed by atoms with E-state index in [0.717, 1.165) is 30.3 Å². The minimum Gasteiger partial charge on any atom is -0.508 e. The van der Waals surface area contributed by atoms with Gasteiger partial charge in [-0.2, -0.15) is 4.98 Å². The van der Waals surface area contributed by atoms with Crippen molar-refractivity contribution >= 4 is 5.69 Å². The molecule has 1 fully saturated rings. The number of aromatic nitrogens is 2. The Bertz CT molecular complexity index is 579. The van der Waals surface area contributed by atoms with Crippen LogP contribution in [0.2, 0.25) is 0 Å². The van der Waals surface area contributed by atoms with Crippen LogP contribution in [0.1, 0.15) is 50.2 Å². The topological polar surface area (TPSA) is 71.2 Å². The van der Waals surface area contributed by atoms with Crippen LogP contribution in [0, 0.1) is 5.92 Å². The van der Waals surface area contributed by atoms with Crippen LogP contribution in [-0.4, -0.2) is 15.2 Å². The second-order valence-corrected chi connectivity index (χ2v) is 5.92. The van der Waals surface area contributed by atoms with Gasteiger partial charge in [0.05, 0.1) is 6.54 Å². The van der Waals surface area contributed by atoms with Gasteiger partial charge in [0, 0.05) is 11.6 Å². The second kappa shape index (κ2) is 6.16. The molecule has 2 unspecified atom stereocenters. The first-order valence-corrected chi connectivity index (χ1v) is 7.56. The number of rotatable bonds is 4. The summed E-state index contributed by atoms with van der Waals surface area (Å²) in [7, 11) is 0. The molecule has 1 aliphatic rings. The number of nitrogens with one attached hydrogen (secondary N) is 1. The third-order valence-corrected chi connectivity index (χ3v) is 4.10. The summed E-state index contributed by atoms with van der Waals surface area (Å²) in [6.45, 7) is 2.79. The highest BCUT2D eigenvalue weighted by Crippen LogP contribution is 2.34. The minimum absolute atomic E-state index is 0.257. The van der Waals surface area contributed by atoms with Gasteiger partial charge in [0.1, 0.15) is 5.75 Å². The first-order valence-electron chi connectivity index (χ1n) is 7.56. The molecule has 21 heavy (non-hydrogen) atoms. The summed E-state index contributed by atoms with van der Waals surface area (Å²) >= 11 is 0. The highest BCUT2D eigenvalue weighted by Gasteiger charge is 2.24. The van der Waals surface area contributed by atoms with Crippen LogP contribution >= 0.6 is 0 Å². The summed E-state index contributed by atoms with van der Waals surface area (Å²) in [6, 6.07) is 6.92. The zero-order valence-corrected chi connectivity index (χ0v) is 12.2. The Labute approximate surface area is 124 Å². The third-order valence-electron chi connectivity index (χ3n) is 4.10. The minimum atomic E-state index is 0.257. The molecule has 2 N–H and O–H groups in total. The van der Waals surface area contributed by atoms with Gasteiger partial charge >= 0.3 is 0 Å². The Morgan fingerprint density at radius 3 is 2.86 bits per heavy atom. The predicted octanol–water partition coefficient (Wildman–Crippen LogP) is 3.68. The quantitative estimate of drug-likeness (QED) is 0.839. The average molecular weight is 287 g/mol. The number of nitrogens with zero attached hydrogens (tertiary/aromatic N) is 2. The van der Waals surface area contributed by atoms with Crippen LogP contribution in [-0.2, 0) is 6.54 Å². The number of anilines is 1. The van der Waals surface area contributed by atoms with E-state index in [1.807, 2.05) is 12.1 Å². The van der Waals surface area contributed by atoms with Gasteiger partial charge in [-0.25, -0.2) is 0 Å². The van der Waals surface area contributed by atoms with Gasteiger partial charge < -0.3 is 14.9 Å². The van der Waals surface area contributed by atoms with Crippen LogP contribution in [0.3, 0.4) is 0 Å². The zero-order valence-electron chi connectivity index (χ0n) is 12.2. The molecule has 5 heteroatoms. The van der Waals surface area contributed by atoms with E-state index < -0.39 is 0 Å². The van der Waals surface area contributed by atoms with Crippen LogP contribution < -0.4 is 5.32 Å². The smallest absolute Gasteiger partial charge is 0.245 e. The lowest BCUT2D eigenvalue weighted by atomic mass is 9.82. The molecule has 5 nitrogen and oxygen atoms in total. The molecular formula is C16H21N3O2. The van der Waals surface area contributed by atoms with E-state index in [4.69, 9.17) is 4.52 Å². The van der Waals surface area contributed by atoms with Crippen molar-refractivity contribution in [2.24, 2.45) is 5.92 Å². The maximum absolute atomic E-state index is 9.24. The molecule has 0 aliphatic heterocycles. The highest BCUT2D eigenvalue weighted by molar-refractivity contribution is 5.45. The number of aromatic hydroxyl groups is 1. The van der Waals surface area contributed by atoms with Crippen molar-refractivity contribution in [3.8, 4) is 5.75 Å². The number of phenolic OH excluding ortho intramolecular Hbond substituents is 1. The molecule has 0 spiro atoms. The summed E-state index contributed by atoms with van der Waals surface area (Å²) in [6.07, 6.45) is 4.88. The van der Waals surface area contributed by atoms with Gasteiger partial charge in [0.2, 0.25) is 5.89 Å². The normalized spacial score (nSPS) is 22.1. The first kappa shape index (κ1) is 13.9. The van der Waals surface area contributed by atoms with Crippen molar-refractivity contribution < 1.29 is 9.63 Å². The molecular weight excluding hydrogens is 266 g/mol. The molecule has 1 aromatic heterocycles. The molecule has 0 bridgehead atoms. The number of phenols is 1. The van der Waals surface area contributed by atoms with E-state index in [2.05, 4.69) is 22.4 Å². The summed E-state index contributed by atoms with van der Waals surface area (Å²) in [5.41, 5.74) is 0.916. The molecule has 2 atom stereocenters. The van der Waals surface area contributed by atoms with Crippen molar-refractivity contribution in [2.45, 2.75) is 45.1 Å². The zero-order chi connectivity index (χ0) is 14.7. The molecule has 0 saturated heterocycles. The number of hydrogen-bond acceptors (Lipinski definition) is 5. The standard InChI is InChI=1S/C16H21N3O2/c1-11-3-2-4-12(9-11)16-18-15(21-19-16)10-17-13-5-7-14(20)8-6-13/h5-8,11-12,17,20H,2-4,9-10H2,1H3. The van der Waals surface area contributed by atoms with Gasteiger partial charge in [-0.1, -0.05) is 24.9 Å². The fourth-order valence-electron chi connectivity index (χ4n) is 2.93. The van der Waals surface area contributed by atoms with Crippen molar-refractivity contribution in [3.05, 3.63) is 36.0 Å². The van der Waals surface area contributed by atoms with Crippen LogP contribution in [0.4, 0.5) is 5.69 Å². The van der Waals surface area contributed by atoms with Gasteiger partial charge in [-0.05, 0) is 43.0 Å². The van der Waals surface area contributed by atoms with Crippen LogP contribution in [0.25, 0.3) is 0 Å². The van der Waals surface area contributed by atoms with E-state index in [-0.39, 0.29) is 5.75 Å². The largest absolute Gasteiger partial charge is 0.508 e. The van der Waals surface area contributed by atoms with E-state index in [0.29, 0.717) is 18.4 Å². The SMILES string of the molecule is CC1CCCC(c2noc(CNc3ccc(O)cc3)n2)C1. The van der Waals surface area contributed by atoms with Crippen molar-refractivity contribution in [1.82, 2.24) is 10.1 Å². The lowest BCUT2D eigenvalue weighted by Gasteiger charge is -2.23. The summed E-state index contributed by atoms with van der Waals surface area (Å²) in [4.78, 5) is 4.51. The molecule has 3 rings (SSSR count). The Kier molecular flexibility index (Phi) is 4.08. The molecule has 1 aliphatic carbocycles. The first-order chi connectivity index (χ1) is 10.2. The lowest BCUT2D eigenvalue weighted by molar-refractivity contribution is 0.320. The van der Waals surface area contributed by atoms with Gasteiger partial charge in [-0.15, -0.1) is 0 Å². The summed E-state index contributed by atoms with van der Waals surface area (Å²) < 4.78 is 5.33. The Hall–Kier alpha value is -2.04. The van der Waals surface area contributed by atoms with Crippen LogP contribution in [0.15, 0.2) is 28.8 Å². The van der Waals surface area contributed by atoms with Gasteiger partial charge in [-0.3, -0.25) is 0 Å². The van der Waals surface area contributed by atoms with Crippen LogP contribution in [0.5, 0.6) is 5.75 Å². The van der Waals surface area contributed by atoms with E-state index in [9.17, 15) is 5.11 Å². The fraction of sp³-hybridized carbons (Fsp3) is 0.500. The summed E-state index contributed by atoms with van der Waals surface area (Å²) in [5, 5.41) is 16.6. The number of benzene rings is 1. The molecule has 112 valence electrons. The Balaban J connectivity index is 1.58. The monoisotopic (exact) mass is 287 g/mol. The highest BCUT2D eigenvalue weighted by atomic mass is 16.5. The van der Waals surface area contributed by atoms with E-state index >= 15 is 0 Å². The summed E-state index contributed by atoms with van der Waals surface area (Å²) in [5.74, 6) is 2.91. The third kappa shape index (κ3) is 3.54. The maximum atomic E-state index is 9.24. The molecule has 1 heterocycles. The molecule has 1 aromatic carbocycles. The van der Waals surface area contributed by atoms with Crippen molar-refractivity contribution in [2.75, 3.05) is 5.32 Å². The molecule has 2 aromatic rings. The van der Waals surface area contributed by atoms with E-state index in [1.165, 1.54) is 12.8 Å². The fourth-order valence-corrected chi connectivity index (χ4v) is 2.93. The van der Waals surface area contributed by atoms with Crippen molar-refractivity contribution in [3.63, 3.8) is 0 Å². The Morgan fingerprint density at radius 2 is 2.10 bits per heavy atom. The Morgan fingerprint density at radius 1 is 1.29 bits per heavy atom. The maximum Gasteiger partial charge on any atom is 0.245 e. The van der Waals surface area contributed by atoms with Gasteiger partial charge in [0.25, 0.3) is 0 Å². The van der Waals surface area contributed by atoms with Gasteiger partial charge in [0.15, 0.2) is 5.82 Å². The second-order valence-electron chi connectivity index (χ2n) is 5.92. The molecule has 0 radical (unpaired) electrons. The van der Waals surface area contributed by atoms with E-state index in [1.54, 1.807) is 12.1 Å². The predicted molar refractivity (Wildman–Crippen MR) is 80.1 cm³/mol.